The van der Waals surface area contributed by atoms with Gasteiger partial charge in [0.25, 0.3) is 4.84 Å². The largest absolute Gasteiger partial charge is 0.413 e. The molecule has 0 aromatic carbocycles. The average molecular weight is 232 g/mol. The van der Waals surface area contributed by atoms with E-state index in [1.807, 2.05) is 11.8 Å². The van der Waals surface area contributed by atoms with E-state index in [-0.39, 0.29) is 0 Å². The Bertz CT molecular complexity index is 295. The van der Waals surface area contributed by atoms with Gasteiger partial charge in [0.1, 0.15) is 0 Å². The van der Waals surface area contributed by atoms with Crippen LogP contribution in [0.1, 0.15) is 38.5 Å². The van der Waals surface area contributed by atoms with Crippen LogP contribution in [0, 0.1) is 4.84 Å². The third-order valence-electron chi connectivity index (χ3n) is 1.85. The molecule has 0 amide bonds. The van der Waals surface area contributed by atoms with Crippen LogP contribution in [0.25, 0.3) is 0 Å². The first-order valence-corrected chi connectivity index (χ1v) is 6.51. The summed E-state index contributed by atoms with van der Waals surface area (Å²) >= 11 is 6.62. The quantitative estimate of drug-likeness (QED) is 0.576. The van der Waals surface area contributed by atoms with Crippen molar-refractivity contribution in [2.45, 2.75) is 38.4 Å². The highest BCUT2D eigenvalue weighted by atomic mass is 32.2. The first-order valence-electron chi connectivity index (χ1n) is 4.95. The molecule has 0 aliphatic rings. The second-order valence-corrected chi connectivity index (χ2v) is 4.60. The van der Waals surface area contributed by atoms with Crippen molar-refractivity contribution in [3.05, 3.63) is 10.7 Å². The van der Waals surface area contributed by atoms with Crippen molar-refractivity contribution < 1.29 is 4.42 Å². The lowest BCUT2D eigenvalue weighted by molar-refractivity contribution is 0.500. The van der Waals surface area contributed by atoms with Gasteiger partial charge in [-0.05, 0) is 24.4 Å². The van der Waals surface area contributed by atoms with Crippen molar-refractivity contribution in [2.24, 2.45) is 0 Å². The molecule has 0 aliphatic heterocycles. The van der Waals surface area contributed by atoms with Crippen LogP contribution in [0.4, 0.5) is 0 Å². The van der Waals surface area contributed by atoms with Gasteiger partial charge in [-0.25, -0.2) is 5.10 Å². The van der Waals surface area contributed by atoms with E-state index in [9.17, 15) is 0 Å². The third kappa shape index (κ3) is 4.81. The smallest absolute Gasteiger partial charge is 0.284 e. The van der Waals surface area contributed by atoms with Crippen LogP contribution in [-0.4, -0.2) is 16.0 Å². The van der Waals surface area contributed by atoms with Crippen molar-refractivity contribution in [1.82, 2.24) is 10.2 Å². The lowest BCUT2D eigenvalue weighted by Gasteiger charge is -1.97. The van der Waals surface area contributed by atoms with Crippen LogP contribution in [0.15, 0.2) is 4.42 Å². The fourth-order valence-corrected chi connectivity index (χ4v) is 2.11. The Morgan fingerprint density at radius 1 is 1.43 bits per heavy atom. The molecular formula is C9H16N2OS2. The fraction of sp³-hybridized carbons (Fsp3) is 0.778. The van der Waals surface area contributed by atoms with Crippen molar-refractivity contribution in [3.8, 4) is 0 Å². The Labute approximate surface area is 93.7 Å². The molecule has 0 spiro atoms. The van der Waals surface area contributed by atoms with Gasteiger partial charge in [-0.3, -0.25) is 0 Å². The molecule has 0 saturated carbocycles. The number of H-pyrrole nitrogens is 1. The summed E-state index contributed by atoms with van der Waals surface area (Å²) in [6.07, 6.45) is 5.24. The minimum Gasteiger partial charge on any atom is -0.413 e. The van der Waals surface area contributed by atoms with Crippen LogP contribution in [0.2, 0.25) is 0 Å². The molecule has 0 atom stereocenters. The second kappa shape index (κ2) is 7.06. The zero-order valence-electron chi connectivity index (χ0n) is 8.41. The van der Waals surface area contributed by atoms with Gasteiger partial charge < -0.3 is 4.42 Å². The van der Waals surface area contributed by atoms with E-state index in [1.54, 1.807) is 0 Å². The van der Waals surface area contributed by atoms with E-state index >= 15 is 0 Å². The van der Waals surface area contributed by atoms with E-state index in [0.717, 1.165) is 5.75 Å². The van der Waals surface area contributed by atoms with Crippen LogP contribution >= 0.6 is 24.0 Å². The van der Waals surface area contributed by atoms with E-state index < -0.39 is 0 Å². The molecule has 1 aromatic rings. The molecule has 1 heterocycles. The minimum absolute atomic E-state index is 0.367. The molecule has 1 N–H and O–H groups in total. The van der Waals surface area contributed by atoms with Crippen LogP contribution in [-0.2, 0) is 5.75 Å². The lowest BCUT2D eigenvalue weighted by atomic mass is 10.2. The normalized spacial score (nSPS) is 10.6. The van der Waals surface area contributed by atoms with Crippen LogP contribution in [0.3, 0.4) is 0 Å². The molecule has 0 radical (unpaired) electrons. The number of aromatic amines is 1. The van der Waals surface area contributed by atoms with E-state index in [4.69, 9.17) is 16.6 Å². The summed E-state index contributed by atoms with van der Waals surface area (Å²) in [5.74, 6) is 2.70. The van der Waals surface area contributed by atoms with E-state index in [2.05, 4.69) is 17.1 Å². The summed E-state index contributed by atoms with van der Waals surface area (Å²) in [5, 5.41) is 6.55. The average Bonchev–Trinajstić information content (AvgIpc) is 2.58. The van der Waals surface area contributed by atoms with Gasteiger partial charge in [0, 0.05) is 0 Å². The molecule has 5 heteroatoms. The molecule has 0 fully saturated rings. The van der Waals surface area contributed by atoms with Crippen molar-refractivity contribution in [2.75, 3.05) is 5.75 Å². The van der Waals surface area contributed by atoms with Gasteiger partial charge in [0.15, 0.2) is 0 Å². The van der Waals surface area contributed by atoms with Gasteiger partial charge in [-0.15, -0.1) is 5.10 Å². The van der Waals surface area contributed by atoms with Crippen LogP contribution in [0.5, 0.6) is 0 Å². The molecular weight excluding hydrogens is 216 g/mol. The minimum atomic E-state index is 0.367. The molecule has 1 rings (SSSR count). The Morgan fingerprint density at radius 2 is 2.29 bits per heavy atom. The highest BCUT2D eigenvalue weighted by Crippen LogP contribution is 2.12. The maximum Gasteiger partial charge on any atom is 0.284 e. The zero-order valence-corrected chi connectivity index (χ0v) is 10.0. The summed E-state index contributed by atoms with van der Waals surface area (Å²) in [6, 6.07) is 0. The van der Waals surface area contributed by atoms with Gasteiger partial charge in [0.2, 0.25) is 5.89 Å². The summed E-state index contributed by atoms with van der Waals surface area (Å²) in [4.78, 5) is 0.367. The topological polar surface area (TPSA) is 41.8 Å². The monoisotopic (exact) mass is 232 g/mol. The number of aromatic nitrogens is 2. The Morgan fingerprint density at radius 3 is 2.93 bits per heavy atom. The second-order valence-electron chi connectivity index (χ2n) is 3.12. The van der Waals surface area contributed by atoms with Gasteiger partial charge >= 0.3 is 0 Å². The summed E-state index contributed by atoms with van der Waals surface area (Å²) < 4.78 is 5.14. The summed E-state index contributed by atoms with van der Waals surface area (Å²) in [7, 11) is 0. The SMILES string of the molecule is CCCCCCSCc1n[nH]c(=S)o1. The highest BCUT2D eigenvalue weighted by Gasteiger charge is 1.98. The Hall–Kier alpha value is -0.290. The molecule has 1 aromatic heterocycles. The number of hydrogen-bond acceptors (Lipinski definition) is 4. The molecule has 80 valence electrons. The molecule has 3 nitrogen and oxygen atoms in total. The number of thioether (sulfide) groups is 1. The maximum atomic E-state index is 5.14. The molecule has 0 unspecified atom stereocenters. The first-order chi connectivity index (χ1) is 6.83. The lowest BCUT2D eigenvalue weighted by Crippen LogP contribution is -1.84. The number of hydrogen-bond donors (Lipinski definition) is 1. The van der Waals surface area contributed by atoms with Gasteiger partial charge in [-0.2, -0.15) is 11.8 Å². The van der Waals surface area contributed by atoms with E-state index in [0.29, 0.717) is 10.7 Å². The van der Waals surface area contributed by atoms with Gasteiger partial charge in [0.05, 0.1) is 5.75 Å². The van der Waals surface area contributed by atoms with Crippen molar-refractivity contribution in [1.29, 1.82) is 0 Å². The maximum absolute atomic E-state index is 5.14. The Balaban J connectivity index is 2.02. The molecule has 0 saturated heterocycles. The molecule has 0 aliphatic carbocycles. The van der Waals surface area contributed by atoms with E-state index in [1.165, 1.54) is 31.4 Å². The van der Waals surface area contributed by atoms with Crippen LogP contribution < -0.4 is 0 Å². The standard InChI is InChI=1S/C9H16N2OS2/c1-2-3-4-5-6-14-7-8-10-11-9(13)12-8/h2-7H2,1H3,(H,11,13). The van der Waals surface area contributed by atoms with Gasteiger partial charge in [-0.1, -0.05) is 26.2 Å². The zero-order chi connectivity index (χ0) is 10.2. The highest BCUT2D eigenvalue weighted by molar-refractivity contribution is 7.98. The molecule has 0 bridgehead atoms. The number of nitrogens with one attached hydrogen (secondary N) is 1. The van der Waals surface area contributed by atoms with Crippen molar-refractivity contribution >= 4 is 24.0 Å². The fourth-order valence-electron chi connectivity index (χ4n) is 1.11. The number of nitrogens with zero attached hydrogens (tertiary/aromatic N) is 1. The third-order valence-corrected chi connectivity index (χ3v) is 3.05. The summed E-state index contributed by atoms with van der Waals surface area (Å²) in [6.45, 7) is 2.22. The molecule has 14 heavy (non-hydrogen) atoms. The number of rotatable bonds is 7. The predicted octanol–water partition coefficient (Wildman–Crippen LogP) is 3.55. The van der Waals surface area contributed by atoms with Crippen molar-refractivity contribution in [3.63, 3.8) is 0 Å². The summed E-state index contributed by atoms with van der Waals surface area (Å²) in [5.41, 5.74) is 0. The predicted molar refractivity (Wildman–Crippen MR) is 62.0 cm³/mol. The Kier molecular flexibility index (Phi) is 5.94. The first kappa shape index (κ1) is 11.8. The number of unbranched alkanes of at least 4 members (excludes halogenated alkanes) is 3.